The van der Waals surface area contributed by atoms with Crippen LogP contribution in [0.5, 0.6) is 0 Å². The first-order valence-electron chi connectivity index (χ1n) is 14.5. The number of hydrogen-bond donors (Lipinski definition) is 0. The molecular formula is C35H45F3P2. The predicted molar refractivity (Wildman–Crippen MR) is 171 cm³/mol. The summed E-state index contributed by atoms with van der Waals surface area (Å²) in [5, 5.41) is 3.96. The highest BCUT2D eigenvalue weighted by molar-refractivity contribution is 7.79. The second kappa shape index (κ2) is 11.9. The number of rotatable bonds is 6. The van der Waals surface area contributed by atoms with Gasteiger partial charge in [0.05, 0.1) is 5.56 Å². The van der Waals surface area contributed by atoms with Crippen LogP contribution in [0.3, 0.4) is 0 Å². The molecule has 0 saturated heterocycles. The van der Waals surface area contributed by atoms with E-state index in [1.165, 1.54) is 53.1 Å². The topological polar surface area (TPSA) is 0 Å². The molecule has 1 fully saturated rings. The predicted octanol–water partition coefficient (Wildman–Crippen LogP) is 10.1. The molecule has 0 amide bonds. The Morgan fingerprint density at radius 3 is 1.77 bits per heavy atom. The van der Waals surface area contributed by atoms with E-state index in [4.69, 9.17) is 0 Å². The van der Waals surface area contributed by atoms with Crippen LogP contribution in [0.1, 0.15) is 90.3 Å². The van der Waals surface area contributed by atoms with Crippen LogP contribution in [0.15, 0.2) is 72.8 Å². The molecule has 3 aromatic carbocycles. The number of hydrogen-bond acceptors (Lipinski definition) is 0. The minimum absolute atomic E-state index is 0.258. The SMILES string of the molecule is Cc1ccc(P(c2ccc(C(F)(F)F)cc2)c2ccccc2C2CCCC2[C@@H](C)P(C(C)(C)C)C(C)(C)C)cc1. The quantitative estimate of drug-likeness (QED) is 0.253. The van der Waals surface area contributed by atoms with Gasteiger partial charge in [-0.05, 0) is 89.1 Å². The number of alkyl halides is 3. The molecule has 0 bridgehead atoms. The molecule has 0 aliphatic heterocycles. The summed E-state index contributed by atoms with van der Waals surface area (Å²) in [5.41, 5.74) is 2.61. The van der Waals surface area contributed by atoms with E-state index in [2.05, 4.69) is 104 Å². The minimum Gasteiger partial charge on any atom is -0.166 e. The normalized spacial score (nSPS) is 20.1. The third-order valence-corrected chi connectivity index (χ3v) is 15.0. The summed E-state index contributed by atoms with van der Waals surface area (Å²) in [6, 6.07) is 23.3. The van der Waals surface area contributed by atoms with E-state index in [0.29, 0.717) is 17.5 Å². The summed E-state index contributed by atoms with van der Waals surface area (Å²) in [4.78, 5) is 0. The van der Waals surface area contributed by atoms with Gasteiger partial charge in [-0.3, -0.25) is 0 Å². The zero-order chi connectivity index (χ0) is 29.5. The molecule has 1 aliphatic rings. The lowest BCUT2D eigenvalue weighted by molar-refractivity contribution is -0.137. The molecular weight excluding hydrogens is 539 g/mol. The maximum absolute atomic E-state index is 13.4. The standard InChI is InChI=1S/C35H45F3P2/c1-24-16-20-27(21-17-24)39(28-22-18-26(19-23-28)35(36,37)38)32-15-10-9-12-31(32)30-14-11-13-29(30)25(2)40(33(3,4)5)34(6,7)8/h9-10,12,15-23,25,29-30H,11,13-14H2,1-8H3/t25-,29?,30?,39?/m1/s1. The summed E-state index contributed by atoms with van der Waals surface area (Å²) in [5.74, 6) is 1.07. The fourth-order valence-electron chi connectivity index (χ4n) is 7.30. The lowest BCUT2D eigenvalue weighted by Gasteiger charge is -2.48. The van der Waals surface area contributed by atoms with Crippen LogP contribution < -0.4 is 15.9 Å². The number of benzene rings is 3. The van der Waals surface area contributed by atoms with Gasteiger partial charge in [0.25, 0.3) is 0 Å². The zero-order valence-corrected chi connectivity index (χ0v) is 27.1. The van der Waals surface area contributed by atoms with Crippen molar-refractivity contribution in [3.8, 4) is 0 Å². The van der Waals surface area contributed by atoms with Crippen LogP contribution in [-0.2, 0) is 6.18 Å². The Hall–Kier alpha value is -1.69. The van der Waals surface area contributed by atoms with Crippen LogP contribution in [0.4, 0.5) is 13.2 Å². The third kappa shape index (κ3) is 6.85. The van der Waals surface area contributed by atoms with Gasteiger partial charge in [0.15, 0.2) is 0 Å². The van der Waals surface area contributed by atoms with Gasteiger partial charge in [-0.2, -0.15) is 13.2 Å². The fourth-order valence-corrected chi connectivity index (χ4v) is 15.0. The lowest BCUT2D eigenvalue weighted by atomic mass is 9.87. The summed E-state index contributed by atoms with van der Waals surface area (Å²) in [7, 11) is -1.27. The maximum atomic E-state index is 13.4. The van der Waals surface area contributed by atoms with Crippen LogP contribution >= 0.6 is 15.8 Å². The molecule has 0 N–H and O–H groups in total. The molecule has 216 valence electrons. The number of aryl methyl sites for hydroxylation is 1. The second-order valence-corrected chi connectivity index (χ2v) is 19.9. The molecule has 1 aliphatic carbocycles. The van der Waals surface area contributed by atoms with Gasteiger partial charge in [-0.25, -0.2) is 0 Å². The Balaban J connectivity index is 1.82. The van der Waals surface area contributed by atoms with E-state index in [1.807, 2.05) is 0 Å². The smallest absolute Gasteiger partial charge is 0.166 e. The van der Waals surface area contributed by atoms with Gasteiger partial charge in [0.2, 0.25) is 0 Å². The molecule has 0 nitrogen and oxygen atoms in total. The summed E-state index contributed by atoms with van der Waals surface area (Å²) in [6.45, 7) is 19.1. The van der Waals surface area contributed by atoms with Gasteiger partial charge < -0.3 is 0 Å². The van der Waals surface area contributed by atoms with Crippen molar-refractivity contribution < 1.29 is 13.2 Å². The maximum Gasteiger partial charge on any atom is 0.416 e. The van der Waals surface area contributed by atoms with E-state index in [0.717, 1.165) is 5.30 Å². The Labute approximate surface area is 242 Å². The van der Waals surface area contributed by atoms with Crippen molar-refractivity contribution in [2.24, 2.45) is 5.92 Å². The second-order valence-electron chi connectivity index (χ2n) is 13.4. The molecule has 1 saturated carbocycles. The minimum atomic E-state index is -4.34. The van der Waals surface area contributed by atoms with E-state index in [-0.39, 0.29) is 18.2 Å². The van der Waals surface area contributed by atoms with Crippen molar-refractivity contribution >= 4 is 31.8 Å². The van der Waals surface area contributed by atoms with E-state index >= 15 is 0 Å². The van der Waals surface area contributed by atoms with Crippen molar-refractivity contribution in [1.82, 2.24) is 0 Å². The molecule has 0 spiro atoms. The van der Waals surface area contributed by atoms with Gasteiger partial charge in [0.1, 0.15) is 0 Å². The molecule has 0 heterocycles. The monoisotopic (exact) mass is 584 g/mol. The summed E-state index contributed by atoms with van der Waals surface area (Å²) < 4.78 is 40.3. The fraction of sp³-hybridized carbons (Fsp3) is 0.486. The van der Waals surface area contributed by atoms with Crippen molar-refractivity contribution in [2.75, 3.05) is 0 Å². The molecule has 40 heavy (non-hydrogen) atoms. The average molecular weight is 585 g/mol. The largest absolute Gasteiger partial charge is 0.416 e. The van der Waals surface area contributed by atoms with Gasteiger partial charge in [-0.1, -0.05) is 129 Å². The molecule has 4 atom stereocenters. The van der Waals surface area contributed by atoms with Gasteiger partial charge in [0, 0.05) is 0 Å². The Bertz CT molecular complexity index is 1250. The van der Waals surface area contributed by atoms with Crippen molar-refractivity contribution in [3.05, 3.63) is 89.5 Å². The van der Waals surface area contributed by atoms with Crippen molar-refractivity contribution in [2.45, 2.75) is 103 Å². The molecule has 3 aromatic rings. The first kappa shape index (κ1) is 31.3. The van der Waals surface area contributed by atoms with Crippen LogP contribution in [-0.4, -0.2) is 16.0 Å². The molecule has 0 radical (unpaired) electrons. The molecule has 4 rings (SSSR count). The first-order valence-corrected chi connectivity index (χ1v) is 17.3. The van der Waals surface area contributed by atoms with Crippen molar-refractivity contribution in [1.29, 1.82) is 0 Å². The zero-order valence-electron chi connectivity index (χ0n) is 25.3. The molecule has 5 heteroatoms. The molecule has 3 unspecified atom stereocenters. The van der Waals surface area contributed by atoms with Crippen molar-refractivity contribution in [3.63, 3.8) is 0 Å². The average Bonchev–Trinajstić information content (AvgIpc) is 3.34. The Morgan fingerprint density at radius 1 is 0.725 bits per heavy atom. The highest BCUT2D eigenvalue weighted by atomic mass is 31.1. The first-order chi connectivity index (χ1) is 18.6. The van der Waals surface area contributed by atoms with E-state index in [9.17, 15) is 13.2 Å². The summed E-state index contributed by atoms with van der Waals surface area (Å²) >= 11 is 0. The highest BCUT2D eigenvalue weighted by Gasteiger charge is 2.45. The summed E-state index contributed by atoms with van der Waals surface area (Å²) in [6.07, 6.45) is -0.690. The van der Waals surface area contributed by atoms with Crippen LogP contribution in [0, 0.1) is 12.8 Å². The Kier molecular flexibility index (Phi) is 9.29. The van der Waals surface area contributed by atoms with Crippen LogP contribution in [0.25, 0.3) is 0 Å². The molecule has 0 aromatic heterocycles. The lowest BCUT2D eigenvalue weighted by Crippen LogP contribution is -2.35. The van der Waals surface area contributed by atoms with E-state index in [1.54, 1.807) is 12.1 Å². The highest BCUT2D eigenvalue weighted by Crippen LogP contribution is 2.66. The third-order valence-electron chi connectivity index (χ3n) is 8.36. The van der Waals surface area contributed by atoms with E-state index < -0.39 is 19.7 Å². The van der Waals surface area contributed by atoms with Gasteiger partial charge >= 0.3 is 6.18 Å². The Morgan fingerprint density at radius 2 is 1.25 bits per heavy atom. The van der Waals surface area contributed by atoms with Gasteiger partial charge in [-0.15, -0.1) is 0 Å². The van der Waals surface area contributed by atoms with Crippen LogP contribution in [0.2, 0.25) is 0 Å². The number of halogens is 3.